The predicted molar refractivity (Wildman–Crippen MR) is 128 cm³/mol. The van der Waals surface area contributed by atoms with E-state index < -0.39 is 70.1 Å². The summed E-state index contributed by atoms with van der Waals surface area (Å²) in [6, 6.07) is 0. The number of hydrogen-bond donors (Lipinski definition) is 3. The molecular formula is C27H36FNO8. The summed E-state index contributed by atoms with van der Waals surface area (Å²) in [7, 11) is 0. The van der Waals surface area contributed by atoms with E-state index in [1.54, 1.807) is 26.8 Å². The van der Waals surface area contributed by atoms with Crippen LogP contribution in [0, 0.1) is 22.7 Å². The van der Waals surface area contributed by atoms with Crippen molar-refractivity contribution < 1.29 is 43.3 Å². The molecule has 0 aromatic rings. The largest absolute Gasteiger partial charge is 0.390 e. The highest BCUT2D eigenvalue weighted by Crippen LogP contribution is 2.72. The zero-order valence-electron chi connectivity index (χ0n) is 21.9. The summed E-state index contributed by atoms with van der Waals surface area (Å²) >= 11 is 0. The Morgan fingerprint density at radius 1 is 1.19 bits per heavy atom. The number of hydrogen-bond acceptors (Lipinski definition) is 8. The molecule has 4 fully saturated rings. The number of halogens is 1. The van der Waals surface area contributed by atoms with E-state index in [0.29, 0.717) is 19.3 Å². The molecule has 4 aliphatic carbocycles. The van der Waals surface area contributed by atoms with Crippen molar-refractivity contribution in [2.45, 2.75) is 89.6 Å². The minimum Gasteiger partial charge on any atom is -0.390 e. The number of aliphatic hydroxyl groups excluding tert-OH is 2. The third-order valence-electron chi connectivity index (χ3n) is 9.54. The van der Waals surface area contributed by atoms with Gasteiger partial charge in [-0.05, 0) is 64.5 Å². The lowest BCUT2D eigenvalue weighted by Crippen LogP contribution is -2.70. The molecule has 5 aliphatic rings. The third-order valence-corrected chi connectivity index (χ3v) is 9.54. The van der Waals surface area contributed by atoms with Crippen LogP contribution in [-0.4, -0.2) is 69.3 Å². The Balaban J connectivity index is 0.000000480. The summed E-state index contributed by atoms with van der Waals surface area (Å²) in [5.41, 5.74) is -0.213. The number of Topliss-reactive ketones (excluding diaryl/α,β-unsaturated/α-hetero) is 2. The third kappa shape index (κ3) is 3.63. The Morgan fingerprint density at radius 3 is 2.38 bits per heavy atom. The molecule has 0 spiro atoms. The van der Waals surface area contributed by atoms with Gasteiger partial charge in [0.1, 0.15) is 6.61 Å². The monoisotopic (exact) mass is 521 g/mol. The average Bonchev–Trinajstić information content (AvgIpc) is 3.21. The highest BCUT2D eigenvalue weighted by molar-refractivity contribution is 6.34. The molecule has 0 bridgehead atoms. The number of ether oxygens (including phenoxy) is 2. The molecule has 4 N–H and O–H groups in total. The molecule has 1 heterocycles. The van der Waals surface area contributed by atoms with Gasteiger partial charge < -0.3 is 25.4 Å². The topological polar surface area (TPSA) is 153 Å². The molecule has 204 valence electrons. The molecule has 8 atom stereocenters. The second kappa shape index (κ2) is 8.62. The summed E-state index contributed by atoms with van der Waals surface area (Å²) < 4.78 is 29.5. The van der Waals surface area contributed by atoms with Crippen LogP contribution in [0.5, 0.6) is 0 Å². The molecule has 1 amide bonds. The van der Waals surface area contributed by atoms with Crippen molar-refractivity contribution in [1.29, 1.82) is 0 Å². The molecule has 1 unspecified atom stereocenters. The number of aliphatic hydroxyl groups is 2. The fraction of sp³-hybridized carbons (Fsp3) is 0.704. The number of fused-ring (bicyclic) bond motifs is 7. The summed E-state index contributed by atoms with van der Waals surface area (Å²) in [6.07, 6.45) is 4.00. The van der Waals surface area contributed by atoms with Gasteiger partial charge in [0.15, 0.2) is 28.6 Å². The van der Waals surface area contributed by atoms with Crippen molar-refractivity contribution in [3.63, 3.8) is 0 Å². The lowest BCUT2D eigenvalue weighted by Gasteiger charge is -2.62. The average molecular weight is 522 g/mol. The van der Waals surface area contributed by atoms with Gasteiger partial charge in [0.05, 0.1) is 12.2 Å². The highest BCUT2D eigenvalue weighted by atomic mass is 19.1. The van der Waals surface area contributed by atoms with Crippen molar-refractivity contribution in [1.82, 2.24) is 0 Å². The first kappa shape index (κ1) is 27.8. The van der Waals surface area contributed by atoms with E-state index in [-0.39, 0.29) is 18.1 Å². The maximum atomic E-state index is 17.1. The first-order valence-corrected chi connectivity index (χ1v) is 12.6. The van der Waals surface area contributed by atoms with Crippen LogP contribution in [0.25, 0.3) is 0 Å². The number of alkyl halides is 1. The zero-order valence-corrected chi connectivity index (χ0v) is 21.9. The Morgan fingerprint density at radius 2 is 1.81 bits per heavy atom. The van der Waals surface area contributed by atoms with Gasteiger partial charge in [-0.2, -0.15) is 0 Å². The molecule has 3 saturated carbocycles. The van der Waals surface area contributed by atoms with Crippen LogP contribution in [0.1, 0.15) is 60.3 Å². The summed E-state index contributed by atoms with van der Waals surface area (Å²) in [4.78, 5) is 44.3. The normalized spacial score (nSPS) is 44.9. The maximum absolute atomic E-state index is 17.1. The van der Waals surface area contributed by atoms with Gasteiger partial charge in [-0.15, -0.1) is 0 Å². The molecule has 0 radical (unpaired) electrons. The van der Waals surface area contributed by atoms with Crippen LogP contribution >= 0.6 is 0 Å². The van der Waals surface area contributed by atoms with Gasteiger partial charge >= 0.3 is 0 Å². The van der Waals surface area contributed by atoms with E-state index in [2.05, 4.69) is 5.73 Å². The summed E-state index contributed by atoms with van der Waals surface area (Å²) in [5.74, 6) is -3.94. The van der Waals surface area contributed by atoms with Crippen molar-refractivity contribution >= 4 is 23.3 Å². The van der Waals surface area contributed by atoms with Gasteiger partial charge in [-0.25, -0.2) is 4.39 Å². The minimum absolute atomic E-state index is 0.0109. The molecule has 1 saturated heterocycles. The Labute approximate surface area is 215 Å². The number of nitrogens with two attached hydrogens (primary N) is 1. The SMILES string of the molecule is CC(=O)C(N)=O.CC1(C)O[C@@H]2C[C@H]3[C@@H]4CCC5=CC(=O)C=C[C@]5(C)C4(F)[C@@H](O)C[C@]3(C)[C@]2(C(=O)CO)O1. The standard InChI is InChI=1S/C24H31FO6.C3H5NO2/c1-20(2)30-19-10-16-15-6-5-13-9-14(27)7-8-21(13,3)23(15,25)17(28)11-22(16,4)24(19,31-20)18(29)12-26;1-2(5)3(4)6/h7-9,15-17,19,26,28H,5-6,10-12H2,1-4H3;1H3,(H2,4,6)/t15-,16-,17-,19+,21-,22-,23?,24+;/m0./s1. The first-order chi connectivity index (χ1) is 17.0. The molecule has 0 aromatic heterocycles. The fourth-order valence-corrected chi connectivity index (χ4v) is 7.93. The Kier molecular flexibility index (Phi) is 6.47. The van der Waals surface area contributed by atoms with E-state index >= 15 is 4.39 Å². The first-order valence-electron chi connectivity index (χ1n) is 12.6. The lowest BCUT2D eigenvalue weighted by molar-refractivity contribution is -0.246. The quantitative estimate of drug-likeness (QED) is 0.472. The van der Waals surface area contributed by atoms with Crippen molar-refractivity contribution in [2.24, 2.45) is 28.4 Å². The molecule has 1 aliphatic heterocycles. The van der Waals surface area contributed by atoms with E-state index in [9.17, 15) is 29.4 Å². The molecular weight excluding hydrogens is 485 g/mol. The van der Waals surface area contributed by atoms with Crippen molar-refractivity contribution in [3.05, 3.63) is 23.8 Å². The van der Waals surface area contributed by atoms with Crippen LogP contribution < -0.4 is 5.73 Å². The van der Waals surface area contributed by atoms with Crippen molar-refractivity contribution in [3.8, 4) is 0 Å². The number of rotatable bonds is 3. The number of carbonyl (C=O) groups is 4. The van der Waals surface area contributed by atoms with Gasteiger partial charge in [0.2, 0.25) is 5.78 Å². The Hall–Kier alpha value is -2.27. The van der Waals surface area contributed by atoms with Crippen LogP contribution in [0.4, 0.5) is 4.39 Å². The number of ketones is 3. The summed E-state index contributed by atoms with van der Waals surface area (Å²) in [5, 5.41) is 21.2. The highest BCUT2D eigenvalue weighted by Gasteiger charge is 2.79. The van der Waals surface area contributed by atoms with Crippen LogP contribution in [0.3, 0.4) is 0 Å². The number of carbonyl (C=O) groups excluding carboxylic acids is 4. The van der Waals surface area contributed by atoms with E-state index in [1.807, 2.05) is 6.92 Å². The van der Waals surface area contributed by atoms with E-state index in [4.69, 9.17) is 9.47 Å². The maximum Gasteiger partial charge on any atom is 0.284 e. The summed E-state index contributed by atoms with van der Waals surface area (Å²) in [6.45, 7) is 7.54. The second-order valence-corrected chi connectivity index (χ2v) is 11.8. The number of primary amides is 1. The number of allylic oxidation sites excluding steroid dienone is 4. The zero-order chi connectivity index (χ0) is 27.8. The number of amides is 1. The minimum atomic E-state index is -1.98. The predicted octanol–water partition coefficient (Wildman–Crippen LogP) is 1.48. The Bertz CT molecular complexity index is 1100. The molecule has 5 rings (SSSR count). The second-order valence-electron chi connectivity index (χ2n) is 11.8. The van der Waals surface area contributed by atoms with Crippen LogP contribution in [0.15, 0.2) is 23.8 Å². The molecule has 0 aromatic carbocycles. The van der Waals surface area contributed by atoms with Crippen LogP contribution in [-0.2, 0) is 28.7 Å². The molecule has 9 nitrogen and oxygen atoms in total. The van der Waals surface area contributed by atoms with Gasteiger partial charge in [-0.3, -0.25) is 19.2 Å². The van der Waals surface area contributed by atoms with Gasteiger partial charge in [0, 0.05) is 23.7 Å². The van der Waals surface area contributed by atoms with Gasteiger partial charge in [0.25, 0.3) is 5.91 Å². The lowest BCUT2D eigenvalue weighted by atomic mass is 9.44. The molecule has 10 heteroatoms. The van der Waals surface area contributed by atoms with E-state index in [1.165, 1.54) is 12.2 Å². The fourth-order valence-electron chi connectivity index (χ4n) is 7.93. The smallest absolute Gasteiger partial charge is 0.284 e. The molecule has 37 heavy (non-hydrogen) atoms. The van der Waals surface area contributed by atoms with Gasteiger partial charge in [-0.1, -0.05) is 18.6 Å². The van der Waals surface area contributed by atoms with Crippen LogP contribution in [0.2, 0.25) is 0 Å². The van der Waals surface area contributed by atoms with Crippen molar-refractivity contribution in [2.75, 3.05) is 6.61 Å². The van der Waals surface area contributed by atoms with E-state index in [0.717, 1.165) is 12.5 Å².